The number of furan rings is 1. The van der Waals surface area contributed by atoms with Crippen molar-refractivity contribution in [2.45, 2.75) is 43.9 Å². The van der Waals surface area contributed by atoms with Gasteiger partial charge in [-0.2, -0.15) is 0 Å². The van der Waals surface area contributed by atoms with Crippen molar-refractivity contribution in [3.63, 3.8) is 0 Å². The van der Waals surface area contributed by atoms with Gasteiger partial charge in [-0.05, 0) is 41.7 Å². The number of aryl methyl sites for hydroxylation is 1. The molecule has 4 aromatic carbocycles. The van der Waals surface area contributed by atoms with Crippen molar-refractivity contribution >= 4 is 39.6 Å². The summed E-state index contributed by atoms with van der Waals surface area (Å²) in [6.07, 6.45) is 3.89. The van der Waals surface area contributed by atoms with Crippen molar-refractivity contribution in [3.05, 3.63) is 139 Å². The van der Waals surface area contributed by atoms with Crippen molar-refractivity contribution < 1.29 is 28.6 Å². The van der Waals surface area contributed by atoms with Crippen molar-refractivity contribution in [1.82, 2.24) is 9.97 Å². The molecule has 0 unspecified atom stereocenters. The van der Waals surface area contributed by atoms with Gasteiger partial charge < -0.3 is 9.40 Å². The van der Waals surface area contributed by atoms with Crippen molar-refractivity contribution in [2.24, 2.45) is 0 Å². The smallest absolute Gasteiger partial charge is 0 e. The summed E-state index contributed by atoms with van der Waals surface area (Å²) in [7, 11) is 0. The van der Waals surface area contributed by atoms with Gasteiger partial charge in [0.25, 0.3) is 0 Å². The van der Waals surface area contributed by atoms with E-state index in [0.717, 1.165) is 55.6 Å². The molecule has 3 heterocycles. The molecule has 46 heavy (non-hydrogen) atoms. The predicted octanol–water partition coefficient (Wildman–Crippen LogP) is 10.6. The number of rotatable bonds is 5. The molecule has 0 saturated carbocycles. The Labute approximate surface area is 293 Å². The zero-order valence-corrected chi connectivity index (χ0v) is 31.2. The second kappa shape index (κ2) is 14.3. The number of benzene rings is 4. The molecule has 3 nitrogen and oxygen atoms in total. The average Bonchev–Trinajstić information content (AvgIpc) is 3.45. The van der Waals surface area contributed by atoms with Gasteiger partial charge in [-0.15, -0.1) is 23.8 Å². The summed E-state index contributed by atoms with van der Waals surface area (Å²) in [5, 5.41) is 2.05. The van der Waals surface area contributed by atoms with Crippen LogP contribution in [-0.2, 0) is 20.1 Å². The van der Waals surface area contributed by atoms with E-state index in [1.54, 1.807) is 12.1 Å². The van der Waals surface area contributed by atoms with E-state index in [9.17, 15) is 0 Å². The normalized spacial score (nSPS) is 12.5. The molecule has 0 saturated heterocycles. The Bertz CT molecular complexity index is 2170. The van der Waals surface area contributed by atoms with Crippen LogP contribution in [0.25, 0.3) is 55.6 Å². The Morgan fingerprint density at radius 1 is 0.739 bits per heavy atom. The van der Waals surface area contributed by atoms with Gasteiger partial charge in [0.1, 0.15) is 5.58 Å². The molecule has 0 bridgehead atoms. The Morgan fingerprint density at radius 3 is 2.22 bits per heavy atom. The second-order valence-electron chi connectivity index (χ2n) is 12.6. The molecule has 0 amide bonds. The molecule has 1 radical (unpaired) electrons. The maximum Gasteiger partial charge on any atom is 0 e. The van der Waals surface area contributed by atoms with Gasteiger partial charge in [-0.3, -0.25) is 0 Å². The minimum atomic E-state index is -2.10. The number of fused-ring (bicyclic) bond motifs is 3. The molecule has 0 spiro atoms. The summed E-state index contributed by atoms with van der Waals surface area (Å²) in [6, 6.07) is 40.0. The molecule has 0 fully saturated rings. The van der Waals surface area contributed by atoms with Gasteiger partial charge >= 0.3 is 99.8 Å². The summed E-state index contributed by atoms with van der Waals surface area (Å²) < 4.78 is 30.2. The van der Waals surface area contributed by atoms with Crippen LogP contribution in [0.4, 0.5) is 0 Å². The van der Waals surface area contributed by atoms with E-state index >= 15 is 0 Å². The third-order valence-corrected chi connectivity index (χ3v) is 12.2. The fourth-order valence-electron chi connectivity index (χ4n) is 5.21. The molecule has 0 aliphatic carbocycles. The van der Waals surface area contributed by atoms with Gasteiger partial charge in [0, 0.05) is 35.8 Å². The first-order valence-corrected chi connectivity index (χ1v) is 22.6. The van der Waals surface area contributed by atoms with Crippen LogP contribution in [-0.4, -0.2) is 23.2 Å². The number of aromatic nitrogens is 2. The van der Waals surface area contributed by atoms with Gasteiger partial charge in [-0.1, -0.05) is 72.8 Å². The molecule has 7 rings (SSSR count). The van der Waals surface area contributed by atoms with E-state index in [-0.39, 0.29) is 20.1 Å². The van der Waals surface area contributed by atoms with Gasteiger partial charge in [0.05, 0.1) is 5.58 Å². The van der Waals surface area contributed by atoms with E-state index in [1.165, 1.54) is 9.96 Å². The minimum Gasteiger partial charge on any atom is 0 e. The van der Waals surface area contributed by atoms with Crippen LogP contribution in [0.3, 0.4) is 0 Å². The first-order valence-electron chi connectivity index (χ1n) is 16.8. The molecule has 0 aliphatic rings. The zero-order valence-electron chi connectivity index (χ0n) is 29.7. The van der Waals surface area contributed by atoms with Crippen LogP contribution in [0.1, 0.15) is 35.0 Å². The summed E-state index contributed by atoms with van der Waals surface area (Å²) in [5.41, 5.74) is 8.98. The maximum absolute atomic E-state index is 7.54. The van der Waals surface area contributed by atoms with Crippen LogP contribution in [0.15, 0.2) is 120 Å². The summed E-state index contributed by atoms with van der Waals surface area (Å²) in [5.74, 6) is 7.57. The number of hydrogen-bond donors (Lipinski definition) is 0. The van der Waals surface area contributed by atoms with Gasteiger partial charge in [0.15, 0.2) is 0 Å². The summed E-state index contributed by atoms with van der Waals surface area (Å²) >= 11 is -1.72. The van der Waals surface area contributed by atoms with E-state index in [1.807, 2.05) is 73.1 Å². The summed E-state index contributed by atoms with van der Waals surface area (Å²) in [4.78, 5) is 9.07. The molecule has 233 valence electrons. The molecule has 3 aromatic heterocycles. The number of pyridine rings is 2. The SMILES string of the molecule is [2H]C([2H])([2H])c1ccc(-c2ccc3c(c2)oc2c[c-]c(-c4cc(C(C)C)ccn4)cc23)cc1.[CH3][Ge]([CH3])([CH3])[c]1ccc(-c2[c-]cccc2)nc1.[Ir]. The predicted molar refractivity (Wildman–Crippen MR) is 192 cm³/mol. The van der Waals surface area contributed by atoms with E-state index < -0.39 is 20.1 Å². The molecule has 0 aliphatic heterocycles. The minimum absolute atomic E-state index is 0. The van der Waals surface area contributed by atoms with Crippen molar-refractivity contribution in [2.75, 3.05) is 0 Å². The molecule has 5 heteroatoms. The Balaban J connectivity index is 0.000000233. The molecule has 0 N–H and O–H groups in total. The van der Waals surface area contributed by atoms with Crippen LogP contribution < -0.4 is 4.40 Å². The van der Waals surface area contributed by atoms with E-state index in [0.29, 0.717) is 11.5 Å². The van der Waals surface area contributed by atoms with Crippen molar-refractivity contribution in [3.8, 4) is 33.6 Å². The number of nitrogens with zero attached hydrogens (tertiary/aromatic N) is 2. The average molecular weight is 843 g/mol. The number of hydrogen-bond acceptors (Lipinski definition) is 3. The molecular weight excluding hydrogens is 801 g/mol. The third kappa shape index (κ3) is 7.58. The fourth-order valence-corrected chi connectivity index (χ4v) is 7.39. The van der Waals surface area contributed by atoms with E-state index in [2.05, 4.69) is 83.5 Å². The van der Waals surface area contributed by atoms with Crippen LogP contribution in [0.2, 0.25) is 17.3 Å². The molecule has 7 aromatic rings. The second-order valence-corrected chi connectivity index (χ2v) is 23.3. The van der Waals surface area contributed by atoms with Crippen molar-refractivity contribution in [1.29, 1.82) is 0 Å². The van der Waals surface area contributed by atoms with Crippen LogP contribution >= 0.6 is 0 Å². The maximum atomic E-state index is 7.54. The first kappa shape index (κ1) is 29.6. The first-order chi connectivity index (χ1) is 22.9. The standard InChI is InChI=1S/C27H22NO.C14H16GeN.Ir/c1-17(2)20-12-13-28-25(15-20)22-9-11-26-24(14-22)23-10-8-21(16-27(23)29-26)19-6-4-18(3)5-7-19;1-15(2,3)13-9-10-14(16-11-13)12-7-5-4-6-8-12;/h4-8,10-17H,1-3H3;4-7,9-11H,1-3H3;/q2*-1;/i3D3;;. The van der Waals surface area contributed by atoms with E-state index in [4.69, 9.17) is 8.53 Å². The third-order valence-electron chi connectivity index (χ3n) is 7.96. The van der Waals surface area contributed by atoms with Crippen LogP contribution in [0.5, 0.6) is 0 Å². The largest absolute Gasteiger partial charge is 0 e. The fraction of sp³-hybridized carbons (Fsp3) is 0.171. The van der Waals surface area contributed by atoms with Gasteiger partial charge in [-0.25, -0.2) is 0 Å². The Hall–Kier alpha value is -3.83. The Morgan fingerprint density at radius 2 is 1.54 bits per heavy atom. The monoisotopic (exact) mass is 844 g/mol. The van der Waals surface area contributed by atoms with Gasteiger partial charge in [0.2, 0.25) is 0 Å². The molecule has 0 atom stereocenters. The topological polar surface area (TPSA) is 38.9 Å². The van der Waals surface area contributed by atoms with Crippen LogP contribution in [0, 0.1) is 19.0 Å². The summed E-state index contributed by atoms with van der Waals surface area (Å²) in [6.45, 7) is 2.24. The molecular formula is C41H38GeIrN2O-2. The Kier molecular flexibility index (Phi) is 9.19. The zero-order chi connectivity index (χ0) is 34.1. The quantitative estimate of drug-likeness (QED) is 0.128.